The molecule has 1 saturated heterocycles. The smallest absolute Gasteiger partial charge is 0.410 e. The van der Waals surface area contributed by atoms with E-state index in [1.165, 1.54) is 6.26 Å². The highest BCUT2D eigenvalue weighted by Gasteiger charge is 2.23. The van der Waals surface area contributed by atoms with E-state index in [1.807, 2.05) is 30.3 Å². The van der Waals surface area contributed by atoms with Gasteiger partial charge in [0.2, 0.25) is 0 Å². The van der Waals surface area contributed by atoms with Crippen LogP contribution in [0.25, 0.3) is 11.3 Å². The average Bonchev–Trinajstić information content (AvgIpc) is 2.87. The van der Waals surface area contributed by atoms with Crippen LogP contribution in [-0.2, 0) is 21.2 Å². The number of hydrogen-bond acceptors (Lipinski definition) is 7. The lowest BCUT2D eigenvalue weighted by Crippen LogP contribution is -2.40. The van der Waals surface area contributed by atoms with Gasteiger partial charge in [0.1, 0.15) is 12.4 Å². The van der Waals surface area contributed by atoms with Crippen molar-refractivity contribution in [2.24, 2.45) is 5.92 Å². The van der Waals surface area contributed by atoms with Crippen molar-refractivity contribution in [2.45, 2.75) is 24.3 Å². The SMILES string of the molecule is CS(=O)(=O)c1ccc(-c2cnc(NCC3CCN(C(=O)OCc4ccccc4)CC3)cn2)cc1. The molecule has 1 N–H and O–H groups in total. The molecule has 8 nitrogen and oxygen atoms in total. The predicted molar refractivity (Wildman–Crippen MR) is 130 cm³/mol. The van der Waals surface area contributed by atoms with Gasteiger partial charge < -0.3 is 15.0 Å². The Hall–Kier alpha value is -3.46. The van der Waals surface area contributed by atoms with E-state index in [4.69, 9.17) is 4.74 Å². The second-order valence-corrected chi connectivity index (χ2v) is 10.5. The molecule has 0 saturated carbocycles. The van der Waals surface area contributed by atoms with Gasteiger partial charge in [0.25, 0.3) is 0 Å². The minimum Gasteiger partial charge on any atom is -0.445 e. The Morgan fingerprint density at radius 2 is 1.74 bits per heavy atom. The van der Waals surface area contributed by atoms with Crippen LogP contribution in [-0.4, -0.2) is 55.3 Å². The average molecular weight is 481 g/mol. The van der Waals surface area contributed by atoms with Crippen LogP contribution in [0.3, 0.4) is 0 Å². The first-order valence-electron chi connectivity index (χ1n) is 11.2. The number of piperidine rings is 1. The summed E-state index contributed by atoms with van der Waals surface area (Å²) in [5, 5.41) is 3.33. The maximum absolute atomic E-state index is 12.3. The highest BCUT2D eigenvalue weighted by Crippen LogP contribution is 2.21. The number of carbonyl (C=O) groups is 1. The fourth-order valence-corrected chi connectivity index (χ4v) is 4.45. The second kappa shape index (κ2) is 10.6. The van der Waals surface area contributed by atoms with Crippen molar-refractivity contribution in [3.63, 3.8) is 0 Å². The lowest BCUT2D eigenvalue weighted by Gasteiger charge is -2.31. The van der Waals surface area contributed by atoms with Gasteiger partial charge in [-0.2, -0.15) is 0 Å². The molecule has 2 heterocycles. The Balaban J connectivity index is 1.21. The number of aromatic nitrogens is 2. The molecule has 0 bridgehead atoms. The van der Waals surface area contributed by atoms with Gasteiger partial charge >= 0.3 is 6.09 Å². The number of amides is 1. The van der Waals surface area contributed by atoms with E-state index in [9.17, 15) is 13.2 Å². The number of rotatable bonds is 7. The fourth-order valence-electron chi connectivity index (χ4n) is 3.82. The molecule has 9 heteroatoms. The third-order valence-corrected chi connectivity index (χ3v) is 7.01. The van der Waals surface area contributed by atoms with Crippen LogP contribution >= 0.6 is 0 Å². The zero-order valence-corrected chi connectivity index (χ0v) is 19.9. The summed E-state index contributed by atoms with van der Waals surface area (Å²) in [6.07, 6.45) is 6.06. The number of carbonyl (C=O) groups excluding carboxylic acids is 1. The highest BCUT2D eigenvalue weighted by atomic mass is 32.2. The number of hydrogen-bond donors (Lipinski definition) is 1. The van der Waals surface area contributed by atoms with E-state index < -0.39 is 9.84 Å². The molecule has 0 atom stereocenters. The van der Waals surface area contributed by atoms with Gasteiger partial charge in [-0.25, -0.2) is 18.2 Å². The molecule has 0 radical (unpaired) electrons. The molecule has 1 aromatic heterocycles. The van der Waals surface area contributed by atoms with Gasteiger partial charge in [-0.3, -0.25) is 4.98 Å². The second-order valence-electron chi connectivity index (χ2n) is 8.43. The van der Waals surface area contributed by atoms with Gasteiger partial charge in [0.05, 0.1) is 23.0 Å². The summed E-state index contributed by atoms with van der Waals surface area (Å²) in [7, 11) is -3.22. The van der Waals surface area contributed by atoms with E-state index in [0.29, 0.717) is 30.5 Å². The lowest BCUT2D eigenvalue weighted by molar-refractivity contribution is 0.0832. The summed E-state index contributed by atoms with van der Waals surface area (Å²) < 4.78 is 28.6. The molecule has 1 aliphatic rings. The maximum atomic E-state index is 12.3. The van der Waals surface area contributed by atoms with Gasteiger partial charge in [0.15, 0.2) is 9.84 Å². The monoisotopic (exact) mass is 480 g/mol. The first-order chi connectivity index (χ1) is 16.4. The third kappa shape index (κ3) is 6.32. The standard InChI is InChI=1S/C25H28N4O4S/c1-34(31,32)22-9-7-21(8-10-22)23-16-28-24(17-26-23)27-15-19-11-13-29(14-12-19)25(30)33-18-20-5-3-2-4-6-20/h2-10,16-17,19H,11-15,18H2,1H3,(H,27,28). The number of likely N-dealkylation sites (tertiary alicyclic amines) is 1. The van der Waals surface area contributed by atoms with E-state index in [-0.39, 0.29) is 17.6 Å². The fraction of sp³-hybridized carbons (Fsp3) is 0.320. The van der Waals surface area contributed by atoms with Crippen LogP contribution in [0.15, 0.2) is 71.9 Å². The summed E-state index contributed by atoms with van der Waals surface area (Å²) in [5.41, 5.74) is 2.46. The number of ether oxygens (including phenoxy) is 1. The molecule has 178 valence electrons. The summed E-state index contributed by atoms with van der Waals surface area (Å²) >= 11 is 0. The van der Waals surface area contributed by atoms with Crippen LogP contribution in [0.4, 0.5) is 10.6 Å². The Morgan fingerprint density at radius 1 is 1.03 bits per heavy atom. The molecular formula is C25H28N4O4S. The van der Waals surface area contributed by atoms with Crippen molar-refractivity contribution < 1.29 is 17.9 Å². The van der Waals surface area contributed by atoms with E-state index in [2.05, 4.69) is 15.3 Å². The molecule has 0 unspecified atom stereocenters. The van der Waals surface area contributed by atoms with Crippen LogP contribution in [0.1, 0.15) is 18.4 Å². The van der Waals surface area contributed by atoms with Crippen LogP contribution in [0.2, 0.25) is 0 Å². The van der Waals surface area contributed by atoms with Crippen LogP contribution in [0.5, 0.6) is 0 Å². The quantitative estimate of drug-likeness (QED) is 0.545. The van der Waals surface area contributed by atoms with E-state index >= 15 is 0 Å². The van der Waals surface area contributed by atoms with Crippen molar-refractivity contribution in [3.8, 4) is 11.3 Å². The zero-order valence-electron chi connectivity index (χ0n) is 19.1. The van der Waals surface area contributed by atoms with Gasteiger partial charge in [-0.15, -0.1) is 0 Å². The Morgan fingerprint density at radius 3 is 2.35 bits per heavy atom. The Bertz CT molecular complexity index is 1190. The van der Waals surface area contributed by atoms with Gasteiger partial charge in [-0.05, 0) is 36.5 Å². The van der Waals surface area contributed by atoms with Gasteiger partial charge in [-0.1, -0.05) is 42.5 Å². The number of anilines is 1. The molecular weight excluding hydrogens is 452 g/mol. The number of nitrogens with zero attached hydrogens (tertiary/aromatic N) is 3. The molecule has 1 aliphatic heterocycles. The van der Waals surface area contributed by atoms with Crippen LogP contribution < -0.4 is 5.32 Å². The third-order valence-electron chi connectivity index (χ3n) is 5.88. The molecule has 34 heavy (non-hydrogen) atoms. The molecule has 1 fully saturated rings. The van der Waals surface area contributed by atoms with Crippen molar-refractivity contribution in [1.29, 1.82) is 0 Å². The topological polar surface area (TPSA) is 101 Å². The number of benzene rings is 2. The minimum atomic E-state index is -3.22. The predicted octanol–water partition coefficient (Wildman–Crippen LogP) is 4.01. The van der Waals surface area contributed by atoms with E-state index in [0.717, 1.165) is 30.5 Å². The van der Waals surface area contributed by atoms with Crippen LogP contribution in [0, 0.1) is 5.92 Å². The number of sulfone groups is 1. The van der Waals surface area contributed by atoms with Crippen molar-refractivity contribution in [2.75, 3.05) is 31.2 Å². The largest absolute Gasteiger partial charge is 0.445 e. The summed E-state index contributed by atoms with van der Waals surface area (Å²) in [6, 6.07) is 16.3. The zero-order chi connectivity index (χ0) is 24.0. The molecule has 2 aromatic carbocycles. The molecule has 3 aromatic rings. The van der Waals surface area contributed by atoms with Gasteiger partial charge in [0, 0.05) is 31.5 Å². The summed E-state index contributed by atoms with van der Waals surface area (Å²) in [6.45, 7) is 2.39. The van der Waals surface area contributed by atoms with Crippen molar-refractivity contribution >= 4 is 21.7 Å². The number of nitrogens with one attached hydrogen (secondary N) is 1. The molecule has 4 rings (SSSR count). The highest BCUT2D eigenvalue weighted by molar-refractivity contribution is 7.90. The molecule has 1 amide bonds. The Kier molecular flexibility index (Phi) is 7.42. The maximum Gasteiger partial charge on any atom is 0.410 e. The Labute approximate surface area is 199 Å². The minimum absolute atomic E-state index is 0.263. The summed E-state index contributed by atoms with van der Waals surface area (Å²) in [5.74, 6) is 1.12. The normalized spacial score (nSPS) is 14.6. The molecule has 0 spiro atoms. The first kappa shape index (κ1) is 23.7. The first-order valence-corrected chi connectivity index (χ1v) is 13.1. The summed E-state index contributed by atoms with van der Waals surface area (Å²) in [4.78, 5) is 23.2. The van der Waals surface area contributed by atoms with Crippen molar-refractivity contribution in [1.82, 2.24) is 14.9 Å². The van der Waals surface area contributed by atoms with E-state index in [1.54, 1.807) is 41.6 Å². The lowest BCUT2D eigenvalue weighted by atomic mass is 9.97. The van der Waals surface area contributed by atoms with Crippen molar-refractivity contribution in [3.05, 3.63) is 72.6 Å². The molecule has 0 aliphatic carbocycles.